The van der Waals surface area contributed by atoms with Crippen LogP contribution in [0.1, 0.15) is 194 Å². The summed E-state index contributed by atoms with van der Waals surface area (Å²) in [4.78, 5) is 11.5. The topological polar surface area (TPSA) is 63.3 Å². The van der Waals surface area contributed by atoms with Crippen LogP contribution in [0.15, 0.2) is 0 Å². The predicted octanol–water partition coefficient (Wildman–Crippen LogP) is 12.5. The fourth-order valence-electron chi connectivity index (χ4n) is 9.58. The molecule has 0 aromatic carbocycles. The molecular formula is C41H87NO2. The third kappa shape index (κ3) is 12.0. The van der Waals surface area contributed by atoms with E-state index in [4.69, 9.17) is 10.8 Å². The molecule has 0 spiro atoms. The van der Waals surface area contributed by atoms with E-state index in [1.54, 1.807) is 0 Å². The molecule has 0 saturated heterocycles. The molecule has 0 heterocycles. The van der Waals surface area contributed by atoms with Gasteiger partial charge in [0.15, 0.2) is 0 Å². The Kier molecular flexibility index (Phi) is 28.0. The number of aliphatic hydroxyl groups excluding tert-OH is 1. The fraction of sp³-hybridized carbons (Fsp3) is 0.976. The van der Waals surface area contributed by atoms with Gasteiger partial charge in [-0.25, -0.2) is 0 Å². The summed E-state index contributed by atoms with van der Waals surface area (Å²) >= 11 is 0. The van der Waals surface area contributed by atoms with E-state index in [9.17, 15) is 4.79 Å². The first kappa shape index (κ1) is 48.0. The zero-order chi connectivity index (χ0) is 35.1. The number of rotatable bonds is 6. The van der Waals surface area contributed by atoms with Gasteiger partial charge in [0.2, 0.25) is 0 Å². The van der Waals surface area contributed by atoms with Gasteiger partial charge in [0.25, 0.3) is 0 Å². The summed E-state index contributed by atoms with van der Waals surface area (Å²) in [6, 6.07) is 0. The third-order valence-corrected chi connectivity index (χ3v) is 12.0. The summed E-state index contributed by atoms with van der Waals surface area (Å²) in [5, 5.41) is 7.00. The molecule has 4 rings (SSSR count). The van der Waals surface area contributed by atoms with E-state index in [2.05, 4.69) is 34.6 Å². The molecule has 44 heavy (non-hydrogen) atoms. The normalized spacial score (nSPS) is 35.5. The molecule has 0 aromatic rings. The monoisotopic (exact) mass is 626 g/mol. The van der Waals surface area contributed by atoms with E-state index in [1.807, 2.05) is 69.2 Å². The van der Waals surface area contributed by atoms with E-state index in [0.29, 0.717) is 16.7 Å². The van der Waals surface area contributed by atoms with Crippen LogP contribution in [-0.2, 0) is 4.79 Å². The van der Waals surface area contributed by atoms with Crippen LogP contribution < -0.4 is 5.73 Å². The minimum Gasteiger partial charge on any atom is -0.400 e. The molecule has 0 amide bonds. The molecule has 4 saturated carbocycles. The highest BCUT2D eigenvalue weighted by Crippen LogP contribution is 2.64. The smallest absolute Gasteiger partial charge is 0.123 e. The SMILES string of the molecule is CC.CC.CC.CC.CC.CC1CCC2(C)C(CCC3CC2(N)CCCC2(C)C(CCCC(C=O)C(C)C)CCC32)C1.CO. The van der Waals surface area contributed by atoms with Crippen molar-refractivity contribution in [1.82, 2.24) is 0 Å². The number of carbonyl (C=O) groups excluding carboxylic acids is 1. The lowest BCUT2D eigenvalue weighted by molar-refractivity contribution is -0.112. The average Bonchev–Trinajstić information content (AvgIpc) is 3.32. The zero-order valence-corrected chi connectivity index (χ0v) is 33.5. The Morgan fingerprint density at radius 3 is 1.91 bits per heavy atom. The van der Waals surface area contributed by atoms with Crippen molar-refractivity contribution in [3.05, 3.63) is 0 Å². The van der Waals surface area contributed by atoms with E-state index in [-0.39, 0.29) is 11.5 Å². The van der Waals surface area contributed by atoms with Crippen molar-refractivity contribution in [3.63, 3.8) is 0 Å². The van der Waals surface area contributed by atoms with Gasteiger partial charge in [0.05, 0.1) is 0 Å². The van der Waals surface area contributed by atoms with Crippen molar-refractivity contribution < 1.29 is 9.90 Å². The Labute approximate surface area is 280 Å². The Morgan fingerprint density at radius 2 is 1.39 bits per heavy atom. The highest BCUT2D eigenvalue weighted by Gasteiger charge is 2.58. The van der Waals surface area contributed by atoms with Crippen LogP contribution in [0.5, 0.6) is 0 Å². The van der Waals surface area contributed by atoms with Crippen molar-refractivity contribution in [1.29, 1.82) is 0 Å². The maximum absolute atomic E-state index is 11.5. The zero-order valence-electron chi connectivity index (χ0n) is 33.5. The van der Waals surface area contributed by atoms with Crippen molar-refractivity contribution in [2.24, 2.45) is 58.0 Å². The van der Waals surface area contributed by atoms with E-state index < -0.39 is 0 Å². The highest BCUT2D eigenvalue weighted by atomic mass is 16.2. The molecule has 3 nitrogen and oxygen atoms in total. The van der Waals surface area contributed by atoms with Gasteiger partial charge < -0.3 is 15.6 Å². The number of nitrogens with two attached hydrogens (primary N) is 1. The second kappa shape index (κ2) is 25.7. The summed E-state index contributed by atoms with van der Waals surface area (Å²) in [5.41, 5.74) is 8.42. The molecule has 0 aliphatic heterocycles. The molecule has 3 N–H and O–H groups in total. The predicted molar refractivity (Wildman–Crippen MR) is 200 cm³/mol. The molecule has 4 fully saturated rings. The standard InChI is InChI=1S/C30H53NO.5C2H6.CH4O/c1-21(2)24(20-32)8-6-9-25-12-13-27-23-10-11-26-18-22(3)14-17-29(26,5)30(31,19-23)16-7-15-28(25,27)4;6*1-2/h20-27H,6-19,31H2,1-5H3;5*1-2H3;2H,1H3. The molecule has 4 aliphatic rings. The van der Waals surface area contributed by atoms with Crippen LogP contribution >= 0.6 is 0 Å². The summed E-state index contributed by atoms with van der Waals surface area (Å²) < 4.78 is 0. The molecular weight excluding hydrogens is 538 g/mol. The molecule has 9 unspecified atom stereocenters. The molecule has 0 radical (unpaired) electrons. The molecule has 3 heteroatoms. The van der Waals surface area contributed by atoms with Gasteiger partial charge in [-0.15, -0.1) is 0 Å². The number of carbonyl (C=O) groups is 1. The van der Waals surface area contributed by atoms with Gasteiger partial charge in [-0.05, 0) is 117 Å². The van der Waals surface area contributed by atoms with Crippen LogP contribution in [-0.4, -0.2) is 24.0 Å². The molecule has 2 bridgehead atoms. The Morgan fingerprint density at radius 1 is 0.818 bits per heavy atom. The second-order valence-corrected chi connectivity index (χ2v) is 13.9. The summed E-state index contributed by atoms with van der Waals surface area (Å²) in [7, 11) is 1.00. The van der Waals surface area contributed by atoms with Gasteiger partial charge >= 0.3 is 0 Å². The van der Waals surface area contributed by atoms with Crippen LogP contribution in [0.25, 0.3) is 0 Å². The number of fused-ring (bicyclic) bond motifs is 6. The maximum atomic E-state index is 11.5. The summed E-state index contributed by atoms with van der Waals surface area (Å²) in [6.07, 6.45) is 20.0. The number of hydrogen-bond acceptors (Lipinski definition) is 3. The Balaban J connectivity index is -0.00000125. The lowest BCUT2D eigenvalue weighted by Gasteiger charge is -2.55. The largest absolute Gasteiger partial charge is 0.400 e. The van der Waals surface area contributed by atoms with Crippen LogP contribution in [0, 0.1) is 52.3 Å². The number of hydrogen-bond donors (Lipinski definition) is 2. The van der Waals surface area contributed by atoms with Gasteiger partial charge in [-0.3, -0.25) is 0 Å². The van der Waals surface area contributed by atoms with Crippen molar-refractivity contribution in [2.75, 3.05) is 7.11 Å². The van der Waals surface area contributed by atoms with Gasteiger partial charge in [0.1, 0.15) is 6.29 Å². The first-order valence-corrected chi connectivity index (χ1v) is 19.8. The lowest BCUT2D eigenvalue weighted by atomic mass is 9.52. The molecule has 268 valence electrons. The minimum atomic E-state index is 0.0623. The van der Waals surface area contributed by atoms with Gasteiger partial charge in [-0.1, -0.05) is 123 Å². The number of aliphatic hydroxyl groups is 1. The molecule has 0 aromatic heterocycles. The van der Waals surface area contributed by atoms with Crippen LogP contribution in [0.2, 0.25) is 0 Å². The van der Waals surface area contributed by atoms with Gasteiger partial charge in [-0.2, -0.15) is 0 Å². The van der Waals surface area contributed by atoms with Crippen LogP contribution in [0.4, 0.5) is 0 Å². The third-order valence-electron chi connectivity index (χ3n) is 12.0. The van der Waals surface area contributed by atoms with E-state index in [1.165, 1.54) is 89.8 Å². The lowest BCUT2D eigenvalue weighted by Crippen LogP contribution is -2.59. The van der Waals surface area contributed by atoms with Crippen molar-refractivity contribution in [3.8, 4) is 0 Å². The fourth-order valence-corrected chi connectivity index (χ4v) is 9.58. The van der Waals surface area contributed by atoms with Crippen molar-refractivity contribution in [2.45, 2.75) is 199 Å². The summed E-state index contributed by atoms with van der Waals surface area (Å²) in [6.45, 7) is 32.1. The average molecular weight is 626 g/mol. The van der Waals surface area contributed by atoms with Crippen LogP contribution in [0.3, 0.4) is 0 Å². The van der Waals surface area contributed by atoms with E-state index >= 15 is 0 Å². The Bertz CT molecular complexity index is 665. The first-order chi connectivity index (χ1) is 21.1. The quantitative estimate of drug-likeness (QED) is 0.289. The molecule has 9 atom stereocenters. The van der Waals surface area contributed by atoms with Gasteiger partial charge in [0, 0.05) is 18.6 Å². The van der Waals surface area contributed by atoms with E-state index in [0.717, 1.165) is 43.1 Å². The maximum Gasteiger partial charge on any atom is 0.123 e. The number of aldehydes is 1. The Hall–Kier alpha value is -0.410. The highest BCUT2D eigenvalue weighted by molar-refractivity contribution is 5.53. The van der Waals surface area contributed by atoms with Crippen molar-refractivity contribution >= 4 is 6.29 Å². The minimum absolute atomic E-state index is 0.0623. The summed E-state index contributed by atoms with van der Waals surface area (Å²) in [5.74, 6) is 5.05. The second-order valence-electron chi connectivity index (χ2n) is 13.9. The first-order valence-electron chi connectivity index (χ1n) is 19.8. The molecule has 4 aliphatic carbocycles.